The number of rotatable bonds is 6. The number of hydrogen-bond acceptors (Lipinski definition) is 6. The van der Waals surface area contributed by atoms with Gasteiger partial charge in [0.25, 0.3) is 5.91 Å². The Morgan fingerprint density at radius 2 is 2.07 bits per heavy atom. The van der Waals surface area contributed by atoms with Crippen molar-refractivity contribution in [3.63, 3.8) is 0 Å². The number of hydrogen-bond donors (Lipinski definition) is 2. The van der Waals surface area contributed by atoms with Gasteiger partial charge in [-0.25, -0.2) is 0 Å². The molecule has 0 radical (unpaired) electrons. The van der Waals surface area contributed by atoms with Crippen LogP contribution in [-0.4, -0.2) is 26.2 Å². The van der Waals surface area contributed by atoms with Gasteiger partial charge in [0.1, 0.15) is 5.75 Å². The van der Waals surface area contributed by atoms with E-state index in [-0.39, 0.29) is 12.5 Å². The molecular weight excluding hydrogens is 394 g/mol. The summed E-state index contributed by atoms with van der Waals surface area (Å²) in [4.78, 5) is 17.0. The fraction of sp³-hybridized carbons (Fsp3) is 0.200. The van der Waals surface area contributed by atoms with Gasteiger partial charge in [0.05, 0.1) is 22.3 Å². The first kappa shape index (κ1) is 17.7. The van der Waals surface area contributed by atoms with Crippen LogP contribution < -0.4 is 10.1 Å². The van der Waals surface area contributed by atoms with Crippen molar-refractivity contribution >= 4 is 34.1 Å². The van der Waals surface area contributed by atoms with Crippen LogP contribution in [-0.2, 0) is 6.61 Å². The second-order valence-electron chi connectivity index (χ2n) is 6.85. The standard InChI is InChI=1S/C20H16ClN5O3/c21-15-8-3-12-9-22-25-18(12)17(15)19(27)23-13-4-6-14(7-5-13)28-10-16-24-20(29-26-16)11-1-2-11/h3-9,11H,1-2,10H2,(H,22,25)(H,23,27). The third-order valence-corrected chi connectivity index (χ3v) is 5.00. The van der Waals surface area contributed by atoms with E-state index in [1.807, 2.05) is 0 Å². The van der Waals surface area contributed by atoms with Crippen LogP contribution in [0.3, 0.4) is 0 Å². The lowest BCUT2D eigenvalue weighted by atomic mass is 10.1. The Bertz CT molecular complexity index is 1180. The van der Waals surface area contributed by atoms with E-state index in [0.717, 1.165) is 18.2 Å². The van der Waals surface area contributed by atoms with Crippen molar-refractivity contribution in [1.29, 1.82) is 0 Å². The monoisotopic (exact) mass is 409 g/mol. The van der Waals surface area contributed by atoms with Gasteiger partial charge in [-0.2, -0.15) is 10.1 Å². The zero-order valence-electron chi connectivity index (χ0n) is 15.2. The quantitative estimate of drug-likeness (QED) is 0.491. The molecule has 1 fully saturated rings. The molecule has 146 valence electrons. The molecule has 1 aliphatic carbocycles. The molecule has 2 aromatic carbocycles. The summed E-state index contributed by atoms with van der Waals surface area (Å²) in [5.74, 6) is 1.94. The molecule has 1 aliphatic rings. The van der Waals surface area contributed by atoms with Gasteiger partial charge in [-0.05, 0) is 49.2 Å². The molecule has 2 aromatic heterocycles. The van der Waals surface area contributed by atoms with Crippen LogP contribution in [0.25, 0.3) is 10.9 Å². The molecule has 2 N–H and O–H groups in total. The van der Waals surface area contributed by atoms with Crippen molar-refractivity contribution in [2.75, 3.05) is 5.32 Å². The Morgan fingerprint density at radius 1 is 1.24 bits per heavy atom. The molecule has 0 saturated heterocycles. The normalized spacial score (nSPS) is 13.6. The molecule has 8 nitrogen and oxygen atoms in total. The Morgan fingerprint density at radius 3 is 2.86 bits per heavy atom. The van der Waals surface area contributed by atoms with Gasteiger partial charge < -0.3 is 14.6 Å². The van der Waals surface area contributed by atoms with Gasteiger partial charge in [-0.15, -0.1) is 0 Å². The number of nitrogens with one attached hydrogen (secondary N) is 2. The first-order valence-electron chi connectivity index (χ1n) is 9.15. The van der Waals surface area contributed by atoms with E-state index in [1.165, 1.54) is 0 Å². The Kier molecular flexibility index (Phi) is 4.40. The lowest BCUT2D eigenvalue weighted by Crippen LogP contribution is -2.13. The molecule has 0 aliphatic heterocycles. The number of ether oxygens (including phenoxy) is 1. The summed E-state index contributed by atoms with van der Waals surface area (Å²) in [6.45, 7) is 0.222. The van der Waals surface area contributed by atoms with E-state index in [9.17, 15) is 4.79 Å². The topological polar surface area (TPSA) is 106 Å². The van der Waals surface area contributed by atoms with Crippen molar-refractivity contribution in [3.05, 3.63) is 64.9 Å². The minimum absolute atomic E-state index is 0.222. The van der Waals surface area contributed by atoms with Crippen molar-refractivity contribution < 1.29 is 14.1 Å². The Labute approximate surface area is 170 Å². The molecule has 1 amide bonds. The van der Waals surface area contributed by atoms with Crippen molar-refractivity contribution in [1.82, 2.24) is 20.3 Å². The molecule has 0 atom stereocenters. The van der Waals surface area contributed by atoms with Crippen molar-refractivity contribution in [2.45, 2.75) is 25.4 Å². The molecule has 5 rings (SSSR count). The maximum absolute atomic E-state index is 12.7. The number of fused-ring (bicyclic) bond motifs is 1. The van der Waals surface area contributed by atoms with E-state index in [2.05, 4.69) is 25.7 Å². The highest BCUT2D eigenvalue weighted by Gasteiger charge is 2.29. The maximum atomic E-state index is 12.7. The molecule has 0 spiro atoms. The lowest BCUT2D eigenvalue weighted by molar-refractivity contribution is 0.102. The van der Waals surface area contributed by atoms with Crippen LogP contribution in [0.15, 0.2) is 47.1 Å². The molecule has 0 unspecified atom stereocenters. The van der Waals surface area contributed by atoms with Gasteiger partial charge in [-0.1, -0.05) is 16.8 Å². The number of anilines is 1. The van der Waals surface area contributed by atoms with E-state index < -0.39 is 0 Å². The smallest absolute Gasteiger partial charge is 0.259 e. The maximum Gasteiger partial charge on any atom is 0.259 e. The van der Waals surface area contributed by atoms with Crippen LogP contribution in [0.1, 0.15) is 40.8 Å². The number of carbonyl (C=O) groups excluding carboxylic acids is 1. The highest BCUT2D eigenvalue weighted by atomic mass is 35.5. The van der Waals surface area contributed by atoms with E-state index in [1.54, 1.807) is 42.6 Å². The number of amides is 1. The first-order valence-corrected chi connectivity index (χ1v) is 9.53. The number of aromatic amines is 1. The predicted molar refractivity (Wildman–Crippen MR) is 106 cm³/mol. The zero-order valence-corrected chi connectivity index (χ0v) is 15.9. The lowest BCUT2D eigenvalue weighted by Gasteiger charge is -2.09. The minimum Gasteiger partial charge on any atom is -0.485 e. The summed E-state index contributed by atoms with van der Waals surface area (Å²) < 4.78 is 10.9. The SMILES string of the molecule is O=C(Nc1ccc(OCc2noc(C3CC3)n2)cc1)c1c(Cl)ccc2cn[nH]c12. The van der Waals surface area contributed by atoms with Gasteiger partial charge >= 0.3 is 0 Å². The fourth-order valence-electron chi connectivity index (χ4n) is 3.01. The summed E-state index contributed by atoms with van der Waals surface area (Å²) in [6.07, 6.45) is 3.86. The third kappa shape index (κ3) is 3.66. The summed E-state index contributed by atoms with van der Waals surface area (Å²) in [7, 11) is 0. The summed E-state index contributed by atoms with van der Waals surface area (Å²) in [5, 5.41) is 14.7. The van der Waals surface area contributed by atoms with Crippen LogP contribution in [0.4, 0.5) is 5.69 Å². The highest BCUT2D eigenvalue weighted by Crippen LogP contribution is 2.38. The van der Waals surface area contributed by atoms with Crippen molar-refractivity contribution in [3.8, 4) is 5.75 Å². The minimum atomic E-state index is -0.321. The number of nitrogens with zero attached hydrogens (tertiary/aromatic N) is 3. The van der Waals surface area contributed by atoms with Crippen molar-refractivity contribution in [2.24, 2.45) is 0 Å². The zero-order chi connectivity index (χ0) is 19.8. The van der Waals surface area contributed by atoms with E-state index in [0.29, 0.717) is 45.2 Å². The second-order valence-corrected chi connectivity index (χ2v) is 7.25. The summed E-state index contributed by atoms with van der Waals surface area (Å²) in [5.41, 5.74) is 1.57. The summed E-state index contributed by atoms with van der Waals surface area (Å²) >= 11 is 6.22. The third-order valence-electron chi connectivity index (χ3n) is 4.68. The molecule has 9 heteroatoms. The molecule has 29 heavy (non-hydrogen) atoms. The average Bonchev–Trinajstić information content (AvgIpc) is 3.27. The van der Waals surface area contributed by atoms with Gasteiger partial charge in [0, 0.05) is 17.0 Å². The first-order chi connectivity index (χ1) is 14.2. The number of aromatic nitrogens is 4. The van der Waals surface area contributed by atoms with Crippen LogP contribution in [0, 0.1) is 0 Å². The molecule has 1 saturated carbocycles. The van der Waals surface area contributed by atoms with E-state index >= 15 is 0 Å². The molecule has 2 heterocycles. The Balaban J connectivity index is 1.24. The summed E-state index contributed by atoms with van der Waals surface area (Å²) in [6, 6.07) is 10.5. The van der Waals surface area contributed by atoms with Gasteiger partial charge in [-0.3, -0.25) is 9.89 Å². The van der Waals surface area contributed by atoms with Gasteiger partial charge in [0.2, 0.25) is 11.7 Å². The molecule has 0 bridgehead atoms. The van der Waals surface area contributed by atoms with Crippen LogP contribution in [0.5, 0.6) is 5.75 Å². The number of benzene rings is 2. The number of H-pyrrole nitrogens is 1. The highest BCUT2D eigenvalue weighted by molar-refractivity contribution is 6.36. The van der Waals surface area contributed by atoms with E-state index in [4.69, 9.17) is 20.9 Å². The second kappa shape index (κ2) is 7.21. The molecular formula is C20H16ClN5O3. The largest absolute Gasteiger partial charge is 0.485 e. The number of carbonyl (C=O) groups is 1. The van der Waals surface area contributed by atoms with Gasteiger partial charge in [0.15, 0.2) is 6.61 Å². The van der Waals surface area contributed by atoms with Crippen LogP contribution in [0.2, 0.25) is 5.02 Å². The average molecular weight is 410 g/mol. The molecule has 4 aromatic rings. The Hall–Kier alpha value is -3.39. The van der Waals surface area contributed by atoms with Crippen LogP contribution >= 0.6 is 11.6 Å². The number of halogens is 1. The fourth-order valence-corrected chi connectivity index (χ4v) is 3.25. The predicted octanol–water partition coefficient (Wildman–Crippen LogP) is 4.31.